The molecule has 3 aromatic rings. The molecule has 0 amide bonds. The van der Waals surface area contributed by atoms with Crippen LogP contribution in [0.15, 0.2) is 64.0 Å². The van der Waals surface area contributed by atoms with Crippen molar-refractivity contribution >= 4 is 10.0 Å². The molecular formula is C20H21N3O3S. The maximum absolute atomic E-state index is 12.9. The van der Waals surface area contributed by atoms with Gasteiger partial charge in [0, 0.05) is 24.6 Å². The van der Waals surface area contributed by atoms with Crippen molar-refractivity contribution in [2.75, 3.05) is 13.1 Å². The predicted molar refractivity (Wildman–Crippen MR) is 102 cm³/mol. The molecule has 7 heteroatoms. The summed E-state index contributed by atoms with van der Waals surface area (Å²) in [6.45, 7) is 2.90. The molecule has 2 aromatic carbocycles. The highest BCUT2D eigenvalue weighted by Gasteiger charge is 2.32. The lowest BCUT2D eigenvalue weighted by molar-refractivity contribution is 0.302. The topological polar surface area (TPSA) is 76.3 Å². The molecule has 1 aliphatic rings. The number of piperidine rings is 1. The van der Waals surface area contributed by atoms with Gasteiger partial charge in [0.2, 0.25) is 10.0 Å². The van der Waals surface area contributed by atoms with Crippen molar-refractivity contribution in [2.45, 2.75) is 30.6 Å². The first-order chi connectivity index (χ1) is 13.0. The molecule has 1 atom stereocenters. The van der Waals surface area contributed by atoms with Gasteiger partial charge in [-0.25, -0.2) is 8.42 Å². The third-order valence-electron chi connectivity index (χ3n) is 4.87. The fourth-order valence-corrected chi connectivity index (χ4v) is 4.87. The van der Waals surface area contributed by atoms with Gasteiger partial charge in [-0.15, -0.1) is 0 Å². The SMILES string of the molecule is Cc1ccc(-c2nc(C3CCCN(S(=O)(=O)c4ccccc4)C3)no2)cc1. The summed E-state index contributed by atoms with van der Waals surface area (Å²) >= 11 is 0. The molecule has 1 aliphatic heterocycles. The fraction of sp³-hybridized carbons (Fsp3) is 0.300. The smallest absolute Gasteiger partial charge is 0.257 e. The molecule has 140 valence electrons. The number of hydrogen-bond donors (Lipinski definition) is 0. The van der Waals surface area contributed by atoms with Crippen molar-refractivity contribution in [2.24, 2.45) is 0 Å². The van der Waals surface area contributed by atoms with E-state index in [1.54, 1.807) is 24.3 Å². The Kier molecular flexibility index (Phi) is 4.80. The van der Waals surface area contributed by atoms with E-state index in [2.05, 4.69) is 10.1 Å². The minimum atomic E-state index is -3.51. The van der Waals surface area contributed by atoms with Gasteiger partial charge in [0.15, 0.2) is 5.82 Å². The number of nitrogens with zero attached hydrogens (tertiary/aromatic N) is 3. The van der Waals surface area contributed by atoms with Crippen LogP contribution in [0, 0.1) is 6.92 Å². The highest BCUT2D eigenvalue weighted by Crippen LogP contribution is 2.30. The van der Waals surface area contributed by atoms with Crippen LogP contribution in [0.2, 0.25) is 0 Å². The molecule has 1 unspecified atom stereocenters. The summed E-state index contributed by atoms with van der Waals surface area (Å²) < 4.78 is 32.7. The van der Waals surface area contributed by atoms with Crippen LogP contribution >= 0.6 is 0 Å². The summed E-state index contributed by atoms with van der Waals surface area (Å²) in [5.74, 6) is 0.965. The van der Waals surface area contributed by atoms with Crippen molar-refractivity contribution in [1.82, 2.24) is 14.4 Å². The van der Waals surface area contributed by atoms with Gasteiger partial charge in [-0.05, 0) is 44.0 Å². The Balaban J connectivity index is 1.55. The highest BCUT2D eigenvalue weighted by molar-refractivity contribution is 7.89. The Morgan fingerprint density at radius 1 is 1.07 bits per heavy atom. The summed E-state index contributed by atoms with van der Waals surface area (Å²) in [6, 6.07) is 16.4. The van der Waals surface area contributed by atoms with Crippen LogP contribution in [0.3, 0.4) is 0 Å². The van der Waals surface area contributed by atoms with Gasteiger partial charge >= 0.3 is 0 Å². The summed E-state index contributed by atoms with van der Waals surface area (Å²) in [4.78, 5) is 4.84. The second kappa shape index (κ2) is 7.25. The first kappa shape index (κ1) is 17.9. The quantitative estimate of drug-likeness (QED) is 0.688. The molecule has 0 N–H and O–H groups in total. The number of benzene rings is 2. The third kappa shape index (κ3) is 3.65. The molecule has 0 bridgehead atoms. The highest BCUT2D eigenvalue weighted by atomic mass is 32.2. The molecule has 4 rings (SSSR count). The van der Waals surface area contributed by atoms with Gasteiger partial charge in [-0.1, -0.05) is 41.1 Å². The van der Waals surface area contributed by atoms with Gasteiger partial charge in [-0.2, -0.15) is 9.29 Å². The van der Waals surface area contributed by atoms with Crippen LogP contribution in [0.5, 0.6) is 0 Å². The van der Waals surface area contributed by atoms with Crippen molar-refractivity contribution in [3.8, 4) is 11.5 Å². The van der Waals surface area contributed by atoms with Gasteiger partial charge in [0.25, 0.3) is 5.89 Å². The number of aryl methyl sites for hydroxylation is 1. The zero-order valence-corrected chi connectivity index (χ0v) is 15.9. The van der Waals surface area contributed by atoms with Crippen LogP contribution in [-0.4, -0.2) is 36.0 Å². The maximum atomic E-state index is 12.9. The number of rotatable bonds is 4. The lowest BCUT2D eigenvalue weighted by Gasteiger charge is -2.30. The summed E-state index contributed by atoms with van der Waals surface area (Å²) in [7, 11) is -3.51. The van der Waals surface area contributed by atoms with Gasteiger partial charge in [-0.3, -0.25) is 0 Å². The molecule has 1 saturated heterocycles. The van der Waals surface area contributed by atoms with E-state index in [9.17, 15) is 8.42 Å². The normalized spacial score (nSPS) is 18.5. The second-order valence-corrected chi connectivity index (χ2v) is 8.78. The molecule has 27 heavy (non-hydrogen) atoms. The minimum absolute atomic E-state index is 0.0693. The lowest BCUT2D eigenvalue weighted by Crippen LogP contribution is -2.39. The number of sulfonamides is 1. The average Bonchev–Trinajstić information content (AvgIpc) is 3.20. The lowest BCUT2D eigenvalue weighted by atomic mass is 9.99. The van der Waals surface area contributed by atoms with E-state index in [0.29, 0.717) is 29.7 Å². The summed E-state index contributed by atoms with van der Waals surface area (Å²) in [5, 5.41) is 4.12. The largest absolute Gasteiger partial charge is 0.334 e. The second-order valence-electron chi connectivity index (χ2n) is 6.84. The number of hydrogen-bond acceptors (Lipinski definition) is 5. The van der Waals surface area contributed by atoms with Crippen molar-refractivity contribution < 1.29 is 12.9 Å². The van der Waals surface area contributed by atoms with Crippen molar-refractivity contribution in [3.05, 3.63) is 66.0 Å². The van der Waals surface area contributed by atoms with Crippen LogP contribution in [0.1, 0.15) is 30.1 Å². The molecule has 0 saturated carbocycles. The van der Waals surface area contributed by atoms with E-state index in [0.717, 1.165) is 24.0 Å². The fourth-order valence-electron chi connectivity index (χ4n) is 3.33. The molecule has 0 radical (unpaired) electrons. The van der Waals surface area contributed by atoms with Crippen molar-refractivity contribution in [1.29, 1.82) is 0 Å². The van der Waals surface area contributed by atoms with E-state index in [1.165, 1.54) is 4.31 Å². The Labute approximate surface area is 158 Å². The molecule has 1 fully saturated rings. The van der Waals surface area contributed by atoms with E-state index < -0.39 is 10.0 Å². The molecule has 2 heterocycles. The molecule has 1 aromatic heterocycles. The van der Waals surface area contributed by atoms with Crippen LogP contribution in [0.4, 0.5) is 0 Å². The third-order valence-corrected chi connectivity index (χ3v) is 6.75. The zero-order chi connectivity index (χ0) is 18.9. The number of aromatic nitrogens is 2. The minimum Gasteiger partial charge on any atom is -0.334 e. The summed E-state index contributed by atoms with van der Waals surface area (Å²) in [6.07, 6.45) is 1.61. The Morgan fingerprint density at radius 3 is 2.56 bits per heavy atom. The summed E-state index contributed by atoms with van der Waals surface area (Å²) in [5.41, 5.74) is 2.02. The van der Waals surface area contributed by atoms with Crippen LogP contribution < -0.4 is 0 Å². The van der Waals surface area contributed by atoms with Crippen molar-refractivity contribution in [3.63, 3.8) is 0 Å². The van der Waals surface area contributed by atoms with E-state index >= 15 is 0 Å². The molecule has 0 aliphatic carbocycles. The van der Waals surface area contributed by atoms with E-state index in [4.69, 9.17) is 4.52 Å². The van der Waals surface area contributed by atoms with Gasteiger partial charge in [0.05, 0.1) is 4.90 Å². The standard InChI is InChI=1S/C20H21N3O3S/c1-15-9-11-16(12-10-15)20-21-19(22-26-20)17-6-5-13-23(14-17)27(24,25)18-7-3-2-4-8-18/h2-4,7-12,17H,5-6,13-14H2,1H3. The molecule has 6 nitrogen and oxygen atoms in total. The Morgan fingerprint density at radius 2 is 1.81 bits per heavy atom. The predicted octanol–water partition coefficient (Wildman–Crippen LogP) is 3.61. The van der Waals surface area contributed by atoms with Crippen LogP contribution in [-0.2, 0) is 10.0 Å². The van der Waals surface area contributed by atoms with E-state index in [-0.39, 0.29) is 5.92 Å². The van der Waals surface area contributed by atoms with Crippen LogP contribution in [0.25, 0.3) is 11.5 Å². The first-order valence-electron chi connectivity index (χ1n) is 9.00. The van der Waals surface area contributed by atoms with E-state index in [1.807, 2.05) is 37.3 Å². The average molecular weight is 383 g/mol. The Hall–Kier alpha value is -2.51. The van der Waals surface area contributed by atoms with Gasteiger partial charge in [0.1, 0.15) is 0 Å². The molecule has 0 spiro atoms. The first-order valence-corrected chi connectivity index (χ1v) is 10.4. The zero-order valence-electron chi connectivity index (χ0n) is 15.1. The maximum Gasteiger partial charge on any atom is 0.257 e. The monoisotopic (exact) mass is 383 g/mol. The van der Waals surface area contributed by atoms with Gasteiger partial charge < -0.3 is 4.52 Å². The molecular weight excluding hydrogens is 362 g/mol. The Bertz CT molecular complexity index is 1010.